The van der Waals surface area contributed by atoms with Crippen molar-refractivity contribution in [3.63, 3.8) is 0 Å². The number of hydrogen-bond donors (Lipinski definition) is 1. The van der Waals surface area contributed by atoms with Crippen molar-refractivity contribution in [3.05, 3.63) is 18.1 Å². The minimum Gasteiger partial charge on any atom is -0.391 e. The molecule has 88 valence electrons. The molecule has 0 atom stereocenters. The molecule has 0 aliphatic heterocycles. The number of aromatic nitrogens is 2. The molecule has 1 aromatic rings. The summed E-state index contributed by atoms with van der Waals surface area (Å²) in [5, 5.41) is 0. The van der Waals surface area contributed by atoms with Crippen LogP contribution in [0.5, 0.6) is 5.88 Å². The van der Waals surface area contributed by atoms with Gasteiger partial charge in [0.1, 0.15) is 5.82 Å². The first-order chi connectivity index (χ1) is 7.65. The maximum absolute atomic E-state index is 10.5. The highest BCUT2D eigenvalue weighted by Gasteiger charge is 2.10. The van der Waals surface area contributed by atoms with Crippen LogP contribution in [0.2, 0.25) is 0 Å². The molecule has 0 unspecified atom stereocenters. The van der Waals surface area contributed by atoms with E-state index in [1.165, 1.54) is 26.5 Å². The van der Waals surface area contributed by atoms with Crippen molar-refractivity contribution in [3.8, 4) is 5.88 Å². The lowest BCUT2D eigenvalue weighted by Crippen LogP contribution is -2.20. The maximum atomic E-state index is 10.5. The fraction of sp³-hybridized carbons (Fsp3) is 0.444. The van der Waals surface area contributed by atoms with Gasteiger partial charge in [0, 0.05) is 26.5 Å². The molecule has 0 radical (unpaired) electrons. The van der Waals surface area contributed by atoms with Crippen LogP contribution in [0.15, 0.2) is 12.3 Å². The van der Waals surface area contributed by atoms with Crippen molar-refractivity contribution in [2.75, 3.05) is 14.2 Å². The van der Waals surface area contributed by atoms with Gasteiger partial charge in [0.15, 0.2) is 6.29 Å². The number of methoxy groups -OCH3 is 2. The van der Waals surface area contributed by atoms with Gasteiger partial charge >= 0.3 is 6.09 Å². The second kappa shape index (κ2) is 5.99. The van der Waals surface area contributed by atoms with Gasteiger partial charge in [-0.2, -0.15) is 4.98 Å². The van der Waals surface area contributed by atoms with Crippen molar-refractivity contribution in [2.24, 2.45) is 5.73 Å². The maximum Gasteiger partial charge on any atom is 0.411 e. The summed E-state index contributed by atoms with van der Waals surface area (Å²) in [7, 11) is 3.02. The summed E-state index contributed by atoms with van der Waals surface area (Å²) in [5.41, 5.74) is 4.86. The number of amides is 1. The van der Waals surface area contributed by atoms with Crippen LogP contribution in [0, 0.1) is 0 Å². The third kappa shape index (κ3) is 3.79. The van der Waals surface area contributed by atoms with Crippen molar-refractivity contribution in [1.82, 2.24) is 9.97 Å². The molecule has 7 heteroatoms. The Balaban J connectivity index is 2.70. The highest BCUT2D eigenvalue weighted by atomic mass is 16.7. The van der Waals surface area contributed by atoms with E-state index >= 15 is 0 Å². The molecule has 0 saturated carbocycles. The van der Waals surface area contributed by atoms with Gasteiger partial charge in [-0.15, -0.1) is 0 Å². The van der Waals surface area contributed by atoms with E-state index < -0.39 is 12.4 Å². The SMILES string of the molecule is COC(Cc1nccc(OC(N)=O)n1)OC. The summed E-state index contributed by atoms with van der Waals surface area (Å²) in [5.74, 6) is 0.538. The van der Waals surface area contributed by atoms with Gasteiger partial charge in [0.2, 0.25) is 5.88 Å². The zero-order chi connectivity index (χ0) is 12.0. The number of hydrogen-bond acceptors (Lipinski definition) is 6. The van der Waals surface area contributed by atoms with Crippen LogP contribution in [0.1, 0.15) is 5.82 Å². The molecular formula is C9H13N3O4. The lowest BCUT2D eigenvalue weighted by Gasteiger charge is -2.11. The largest absolute Gasteiger partial charge is 0.411 e. The summed E-state index contributed by atoms with van der Waals surface area (Å²) in [4.78, 5) is 18.4. The first kappa shape index (κ1) is 12.3. The summed E-state index contributed by atoms with van der Waals surface area (Å²) in [6.45, 7) is 0. The first-order valence-corrected chi connectivity index (χ1v) is 4.50. The Hall–Kier alpha value is -1.73. The lowest BCUT2D eigenvalue weighted by atomic mass is 10.4. The molecule has 2 N–H and O–H groups in total. The molecule has 0 aliphatic carbocycles. The van der Waals surface area contributed by atoms with E-state index in [4.69, 9.17) is 15.2 Å². The molecule has 0 bridgehead atoms. The molecule has 1 amide bonds. The van der Waals surface area contributed by atoms with Crippen molar-refractivity contribution >= 4 is 6.09 Å². The van der Waals surface area contributed by atoms with Gasteiger partial charge in [-0.25, -0.2) is 9.78 Å². The Bertz CT molecular complexity index is 354. The minimum atomic E-state index is -0.917. The van der Waals surface area contributed by atoms with Crippen molar-refractivity contribution in [2.45, 2.75) is 12.7 Å². The van der Waals surface area contributed by atoms with Gasteiger partial charge < -0.3 is 19.9 Å². The average Bonchev–Trinajstić information content (AvgIpc) is 2.25. The number of primary amides is 1. The summed E-state index contributed by atoms with van der Waals surface area (Å²) in [6.07, 6.45) is 0.454. The lowest BCUT2D eigenvalue weighted by molar-refractivity contribution is -0.101. The van der Waals surface area contributed by atoms with Gasteiger partial charge in [0.25, 0.3) is 0 Å². The van der Waals surface area contributed by atoms with Crippen LogP contribution in [0.3, 0.4) is 0 Å². The fourth-order valence-electron chi connectivity index (χ4n) is 1.05. The predicted molar refractivity (Wildman–Crippen MR) is 53.8 cm³/mol. The predicted octanol–water partition coefficient (Wildman–Crippen LogP) is 0.0955. The normalized spacial score (nSPS) is 10.4. The van der Waals surface area contributed by atoms with Crippen LogP contribution in [-0.2, 0) is 15.9 Å². The number of carbonyl (C=O) groups excluding carboxylic acids is 1. The molecule has 0 aromatic carbocycles. The number of nitrogens with zero attached hydrogens (tertiary/aromatic N) is 2. The Kier molecular flexibility index (Phi) is 4.62. The van der Waals surface area contributed by atoms with Crippen LogP contribution >= 0.6 is 0 Å². The van der Waals surface area contributed by atoms with Crippen LogP contribution in [-0.4, -0.2) is 36.6 Å². The number of ether oxygens (including phenoxy) is 3. The van der Waals surface area contributed by atoms with E-state index in [2.05, 4.69) is 14.7 Å². The molecule has 1 rings (SSSR count). The van der Waals surface area contributed by atoms with E-state index in [0.717, 1.165) is 0 Å². The fourth-order valence-corrected chi connectivity index (χ4v) is 1.05. The van der Waals surface area contributed by atoms with E-state index in [1.807, 2.05) is 0 Å². The molecule has 1 aromatic heterocycles. The number of rotatable bonds is 5. The molecule has 0 aliphatic rings. The average molecular weight is 227 g/mol. The second-order valence-corrected chi connectivity index (χ2v) is 2.84. The number of carbonyl (C=O) groups is 1. The van der Waals surface area contributed by atoms with Crippen molar-refractivity contribution < 1.29 is 19.0 Å². The van der Waals surface area contributed by atoms with Crippen LogP contribution in [0.4, 0.5) is 4.79 Å². The van der Waals surface area contributed by atoms with E-state index in [0.29, 0.717) is 12.2 Å². The zero-order valence-corrected chi connectivity index (χ0v) is 9.04. The monoisotopic (exact) mass is 227 g/mol. The third-order valence-electron chi connectivity index (χ3n) is 1.76. The first-order valence-electron chi connectivity index (χ1n) is 4.50. The minimum absolute atomic E-state index is 0.100. The second-order valence-electron chi connectivity index (χ2n) is 2.84. The Morgan fingerprint density at radius 2 is 2.19 bits per heavy atom. The molecule has 0 fully saturated rings. The molecule has 0 saturated heterocycles. The highest BCUT2D eigenvalue weighted by molar-refractivity contribution is 5.67. The highest BCUT2D eigenvalue weighted by Crippen LogP contribution is 2.07. The topological polar surface area (TPSA) is 96.6 Å². The molecule has 7 nitrogen and oxygen atoms in total. The zero-order valence-electron chi connectivity index (χ0n) is 9.04. The smallest absolute Gasteiger partial charge is 0.391 e. The Morgan fingerprint density at radius 1 is 1.50 bits per heavy atom. The third-order valence-corrected chi connectivity index (χ3v) is 1.76. The van der Waals surface area contributed by atoms with Crippen LogP contribution in [0.25, 0.3) is 0 Å². The van der Waals surface area contributed by atoms with E-state index in [-0.39, 0.29) is 5.88 Å². The molecule has 1 heterocycles. The quantitative estimate of drug-likeness (QED) is 0.716. The number of nitrogens with two attached hydrogens (primary N) is 1. The molecular weight excluding hydrogens is 214 g/mol. The molecule has 16 heavy (non-hydrogen) atoms. The summed E-state index contributed by atoms with van der Waals surface area (Å²) < 4.78 is 14.6. The van der Waals surface area contributed by atoms with Gasteiger partial charge in [-0.3, -0.25) is 0 Å². The Morgan fingerprint density at radius 3 is 2.75 bits per heavy atom. The van der Waals surface area contributed by atoms with Gasteiger partial charge in [-0.05, 0) is 0 Å². The van der Waals surface area contributed by atoms with Gasteiger partial charge in [0.05, 0.1) is 6.42 Å². The summed E-state index contributed by atoms with van der Waals surface area (Å²) in [6, 6.07) is 1.43. The van der Waals surface area contributed by atoms with Crippen LogP contribution < -0.4 is 10.5 Å². The Labute approximate surface area is 92.5 Å². The van der Waals surface area contributed by atoms with Gasteiger partial charge in [-0.1, -0.05) is 0 Å². The standard InChI is InChI=1S/C9H13N3O4/c1-14-8(15-2)5-6-11-4-3-7(12-6)16-9(10)13/h3-4,8H,5H2,1-2H3,(H2,10,13). The summed E-state index contributed by atoms with van der Waals surface area (Å²) >= 11 is 0. The van der Waals surface area contributed by atoms with Crippen molar-refractivity contribution in [1.29, 1.82) is 0 Å². The van der Waals surface area contributed by atoms with E-state index in [9.17, 15) is 4.79 Å². The molecule has 0 spiro atoms. The van der Waals surface area contributed by atoms with E-state index in [1.54, 1.807) is 0 Å².